The fourth-order valence-electron chi connectivity index (χ4n) is 1.90. The fraction of sp³-hybridized carbons (Fsp3) is 0.500. The van der Waals surface area contributed by atoms with Gasteiger partial charge in [-0.1, -0.05) is 13.8 Å². The van der Waals surface area contributed by atoms with E-state index in [-0.39, 0.29) is 28.9 Å². The molecule has 2 N–H and O–H groups in total. The predicted molar refractivity (Wildman–Crippen MR) is 61.7 cm³/mol. The van der Waals surface area contributed by atoms with Crippen molar-refractivity contribution in [3.63, 3.8) is 0 Å². The van der Waals surface area contributed by atoms with E-state index in [4.69, 9.17) is 9.47 Å². The first-order valence-electron chi connectivity index (χ1n) is 5.12. The van der Waals surface area contributed by atoms with Crippen LogP contribution in [-0.2, 0) is 0 Å². The van der Waals surface area contributed by atoms with Gasteiger partial charge in [0, 0.05) is 11.1 Å². The van der Waals surface area contributed by atoms with Gasteiger partial charge in [0.2, 0.25) is 11.5 Å². The highest BCUT2D eigenvalue weighted by molar-refractivity contribution is 5.66. The molecule has 0 aliphatic heterocycles. The zero-order valence-corrected chi connectivity index (χ0v) is 10.3. The van der Waals surface area contributed by atoms with E-state index < -0.39 is 0 Å². The predicted octanol–water partition coefficient (Wildman–Crippen LogP) is 2.55. The SMILES string of the molecule is COc1c(O)c(C)c(C(C)C)c(O)c1OC. The van der Waals surface area contributed by atoms with Crippen molar-refractivity contribution in [3.8, 4) is 23.0 Å². The summed E-state index contributed by atoms with van der Waals surface area (Å²) in [6, 6.07) is 0. The van der Waals surface area contributed by atoms with Gasteiger partial charge in [-0.05, 0) is 12.8 Å². The fourth-order valence-corrected chi connectivity index (χ4v) is 1.90. The van der Waals surface area contributed by atoms with E-state index in [0.717, 1.165) is 0 Å². The molecule has 16 heavy (non-hydrogen) atoms. The molecule has 1 aromatic rings. The first-order valence-corrected chi connectivity index (χ1v) is 5.12. The summed E-state index contributed by atoms with van der Waals surface area (Å²) in [6.07, 6.45) is 0. The van der Waals surface area contributed by atoms with Crippen molar-refractivity contribution in [2.24, 2.45) is 0 Å². The summed E-state index contributed by atoms with van der Waals surface area (Å²) < 4.78 is 10.1. The molecule has 4 heteroatoms. The van der Waals surface area contributed by atoms with Gasteiger partial charge in [-0.15, -0.1) is 0 Å². The largest absolute Gasteiger partial charge is 0.504 e. The third-order valence-electron chi connectivity index (χ3n) is 2.64. The van der Waals surface area contributed by atoms with Crippen molar-refractivity contribution in [1.29, 1.82) is 0 Å². The molecule has 0 aromatic heterocycles. The Morgan fingerprint density at radius 3 is 1.75 bits per heavy atom. The summed E-state index contributed by atoms with van der Waals surface area (Å²) in [5, 5.41) is 20.0. The Morgan fingerprint density at radius 1 is 0.938 bits per heavy atom. The van der Waals surface area contributed by atoms with E-state index in [1.807, 2.05) is 13.8 Å². The summed E-state index contributed by atoms with van der Waals surface area (Å²) in [5.74, 6) is 0.479. The zero-order chi connectivity index (χ0) is 12.5. The Labute approximate surface area is 95.4 Å². The number of hydrogen-bond donors (Lipinski definition) is 2. The smallest absolute Gasteiger partial charge is 0.207 e. The van der Waals surface area contributed by atoms with Crippen LogP contribution in [0, 0.1) is 6.92 Å². The lowest BCUT2D eigenvalue weighted by atomic mass is 9.95. The van der Waals surface area contributed by atoms with Gasteiger partial charge >= 0.3 is 0 Å². The van der Waals surface area contributed by atoms with Gasteiger partial charge in [-0.25, -0.2) is 0 Å². The van der Waals surface area contributed by atoms with E-state index in [1.165, 1.54) is 14.2 Å². The maximum Gasteiger partial charge on any atom is 0.207 e. The summed E-state index contributed by atoms with van der Waals surface area (Å²) in [6.45, 7) is 5.62. The summed E-state index contributed by atoms with van der Waals surface area (Å²) in [5.41, 5.74) is 1.29. The Hall–Kier alpha value is -1.58. The van der Waals surface area contributed by atoms with Crippen LogP contribution in [0.15, 0.2) is 0 Å². The Morgan fingerprint density at radius 2 is 1.38 bits per heavy atom. The number of phenolic OH excluding ortho intramolecular Hbond substituents is 2. The first kappa shape index (κ1) is 12.5. The van der Waals surface area contributed by atoms with Crippen LogP contribution in [0.1, 0.15) is 30.9 Å². The van der Waals surface area contributed by atoms with Crippen molar-refractivity contribution >= 4 is 0 Å². The summed E-state index contributed by atoms with van der Waals surface area (Å²) in [7, 11) is 2.85. The van der Waals surface area contributed by atoms with Crippen LogP contribution in [-0.4, -0.2) is 24.4 Å². The molecule has 0 spiro atoms. The van der Waals surface area contributed by atoms with Crippen LogP contribution in [0.2, 0.25) is 0 Å². The lowest BCUT2D eigenvalue weighted by molar-refractivity contribution is 0.313. The third-order valence-corrected chi connectivity index (χ3v) is 2.64. The van der Waals surface area contributed by atoms with Crippen molar-refractivity contribution < 1.29 is 19.7 Å². The zero-order valence-electron chi connectivity index (χ0n) is 10.3. The summed E-state index contributed by atoms with van der Waals surface area (Å²) in [4.78, 5) is 0. The van der Waals surface area contributed by atoms with Crippen molar-refractivity contribution in [3.05, 3.63) is 11.1 Å². The van der Waals surface area contributed by atoms with Gasteiger partial charge in [0.25, 0.3) is 0 Å². The molecule has 0 fully saturated rings. The molecule has 0 amide bonds. The van der Waals surface area contributed by atoms with Crippen LogP contribution in [0.3, 0.4) is 0 Å². The molecule has 4 nitrogen and oxygen atoms in total. The average molecular weight is 226 g/mol. The molecule has 0 unspecified atom stereocenters. The minimum Gasteiger partial charge on any atom is -0.504 e. The number of methoxy groups -OCH3 is 2. The Bertz CT molecular complexity index is 397. The molecule has 0 saturated heterocycles. The molecule has 1 rings (SSSR count). The molecule has 0 heterocycles. The number of ether oxygens (including phenoxy) is 2. The minimum atomic E-state index is 0.0147. The van der Waals surface area contributed by atoms with Gasteiger partial charge in [0.05, 0.1) is 14.2 Å². The monoisotopic (exact) mass is 226 g/mol. The molecule has 0 aliphatic rings. The van der Waals surface area contributed by atoms with Crippen LogP contribution in [0.5, 0.6) is 23.0 Å². The number of phenols is 2. The molecule has 0 saturated carbocycles. The minimum absolute atomic E-state index is 0.0147. The van der Waals surface area contributed by atoms with Crippen molar-refractivity contribution in [2.75, 3.05) is 14.2 Å². The molecule has 0 bridgehead atoms. The van der Waals surface area contributed by atoms with E-state index in [1.54, 1.807) is 6.92 Å². The molecule has 0 atom stereocenters. The van der Waals surface area contributed by atoms with E-state index in [0.29, 0.717) is 11.1 Å². The van der Waals surface area contributed by atoms with Gasteiger partial charge in [0.1, 0.15) is 0 Å². The normalized spacial score (nSPS) is 10.6. The number of aromatic hydroxyl groups is 2. The van der Waals surface area contributed by atoms with E-state index >= 15 is 0 Å². The van der Waals surface area contributed by atoms with Gasteiger partial charge in [0.15, 0.2) is 11.5 Å². The van der Waals surface area contributed by atoms with Gasteiger partial charge in [-0.2, -0.15) is 0 Å². The number of benzene rings is 1. The maximum atomic E-state index is 10.1. The van der Waals surface area contributed by atoms with Crippen LogP contribution < -0.4 is 9.47 Å². The van der Waals surface area contributed by atoms with Crippen molar-refractivity contribution in [1.82, 2.24) is 0 Å². The van der Waals surface area contributed by atoms with Crippen LogP contribution in [0.4, 0.5) is 0 Å². The van der Waals surface area contributed by atoms with Gasteiger partial charge in [-0.3, -0.25) is 0 Å². The molecule has 0 aliphatic carbocycles. The first-order chi connectivity index (χ1) is 7.45. The maximum absolute atomic E-state index is 10.1. The van der Waals surface area contributed by atoms with E-state index in [9.17, 15) is 10.2 Å². The lowest BCUT2D eigenvalue weighted by Gasteiger charge is -2.19. The standard InChI is InChI=1S/C12H18O4/c1-6(2)8-7(3)9(13)11(15-4)12(16-5)10(8)14/h6,13-14H,1-5H3. The highest BCUT2D eigenvalue weighted by atomic mass is 16.5. The molecular weight excluding hydrogens is 208 g/mol. The Kier molecular flexibility index (Phi) is 3.52. The van der Waals surface area contributed by atoms with Crippen LogP contribution >= 0.6 is 0 Å². The molecular formula is C12H18O4. The van der Waals surface area contributed by atoms with E-state index in [2.05, 4.69) is 0 Å². The molecule has 1 aromatic carbocycles. The topological polar surface area (TPSA) is 58.9 Å². The summed E-state index contributed by atoms with van der Waals surface area (Å²) >= 11 is 0. The van der Waals surface area contributed by atoms with Crippen molar-refractivity contribution in [2.45, 2.75) is 26.7 Å². The highest BCUT2D eigenvalue weighted by Gasteiger charge is 2.24. The third kappa shape index (κ3) is 1.75. The average Bonchev–Trinajstić information content (AvgIpc) is 2.22. The number of hydrogen-bond acceptors (Lipinski definition) is 4. The second kappa shape index (κ2) is 4.51. The second-order valence-corrected chi connectivity index (χ2v) is 3.96. The molecule has 90 valence electrons. The number of rotatable bonds is 3. The molecule has 0 radical (unpaired) electrons. The van der Waals surface area contributed by atoms with Gasteiger partial charge < -0.3 is 19.7 Å². The lowest BCUT2D eigenvalue weighted by Crippen LogP contribution is -1.99. The second-order valence-electron chi connectivity index (χ2n) is 3.96. The quantitative estimate of drug-likeness (QED) is 0.777. The van der Waals surface area contributed by atoms with Crippen LogP contribution in [0.25, 0.3) is 0 Å². The Balaban J connectivity index is 3.62. The highest BCUT2D eigenvalue weighted by Crippen LogP contribution is 2.50.